The van der Waals surface area contributed by atoms with E-state index in [4.69, 9.17) is 4.74 Å². The van der Waals surface area contributed by atoms with E-state index < -0.39 is 29.4 Å². The summed E-state index contributed by atoms with van der Waals surface area (Å²) >= 11 is 0. The SMILES string of the molecule is CC(C)(C)OC(=O)CCCN1CCC(c2ccc3c(c2)C(=O)N(C2CCC(=O)NC2=O)C3=O)CC1. The molecule has 0 bridgehead atoms. The lowest BCUT2D eigenvalue weighted by molar-refractivity contribution is -0.155. The highest BCUT2D eigenvalue weighted by atomic mass is 16.6. The lowest BCUT2D eigenvalue weighted by Crippen LogP contribution is -2.54. The van der Waals surface area contributed by atoms with Crippen molar-refractivity contribution in [3.63, 3.8) is 0 Å². The molecule has 0 aliphatic carbocycles. The highest BCUT2D eigenvalue weighted by Crippen LogP contribution is 2.33. The number of esters is 1. The molecule has 188 valence electrons. The maximum absolute atomic E-state index is 13.1. The molecule has 9 heteroatoms. The third-order valence-electron chi connectivity index (χ3n) is 6.80. The molecule has 1 aromatic carbocycles. The van der Waals surface area contributed by atoms with E-state index in [1.807, 2.05) is 26.8 Å². The maximum atomic E-state index is 13.1. The van der Waals surface area contributed by atoms with Gasteiger partial charge in [-0.3, -0.25) is 34.2 Å². The molecule has 2 fully saturated rings. The summed E-state index contributed by atoms with van der Waals surface area (Å²) in [7, 11) is 0. The summed E-state index contributed by atoms with van der Waals surface area (Å²) in [6.45, 7) is 8.22. The van der Waals surface area contributed by atoms with Crippen molar-refractivity contribution in [3.05, 3.63) is 34.9 Å². The Morgan fingerprint density at radius 2 is 1.71 bits per heavy atom. The fraction of sp³-hybridized carbons (Fsp3) is 0.577. The van der Waals surface area contributed by atoms with E-state index in [1.54, 1.807) is 12.1 Å². The summed E-state index contributed by atoms with van der Waals surface area (Å²) in [4.78, 5) is 64.9. The molecule has 3 heterocycles. The largest absolute Gasteiger partial charge is 0.460 e. The summed E-state index contributed by atoms with van der Waals surface area (Å²) in [6.07, 6.45) is 3.25. The van der Waals surface area contributed by atoms with Gasteiger partial charge in [-0.2, -0.15) is 0 Å². The van der Waals surface area contributed by atoms with E-state index in [1.165, 1.54) is 0 Å². The van der Waals surface area contributed by atoms with E-state index in [9.17, 15) is 24.0 Å². The highest BCUT2D eigenvalue weighted by Gasteiger charge is 2.44. The smallest absolute Gasteiger partial charge is 0.306 e. The van der Waals surface area contributed by atoms with Gasteiger partial charge in [-0.25, -0.2) is 0 Å². The first-order chi connectivity index (χ1) is 16.5. The van der Waals surface area contributed by atoms with Gasteiger partial charge in [-0.15, -0.1) is 0 Å². The maximum Gasteiger partial charge on any atom is 0.306 e. The van der Waals surface area contributed by atoms with Gasteiger partial charge < -0.3 is 9.64 Å². The number of nitrogens with one attached hydrogen (secondary N) is 1. The van der Waals surface area contributed by atoms with Crippen LogP contribution in [0.5, 0.6) is 0 Å². The number of rotatable bonds is 6. The minimum atomic E-state index is -0.951. The Bertz CT molecular complexity index is 1050. The van der Waals surface area contributed by atoms with Crippen molar-refractivity contribution in [2.24, 2.45) is 0 Å². The van der Waals surface area contributed by atoms with Crippen molar-refractivity contribution >= 4 is 29.6 Å². The number of imide groups is 2. The average Bonchev–Trinajstić information content (AvgIpc) is 3.03. The van der Waals surface area contributed by atoms with Crippen LogP contribution in [0, 0.1) is 0 Å². The zero-order valence-electron chi connectivity index (χ0n) is 20.6. The standard InChI is InChI=1S/C26H33N3O6/c1-26(2,3)35-22(31)5-4-12-28-13-10-16(11-14-28)17-6-7-18-19(15-17)25(34)29(24(18)33)20-8-9-21(30)27-23(20)32/h6-7,15-16,20H,4-5,8-14H2,1-3H3,(H,27,30,32). The van der Waals surface area contributed by atoms with Gasteiger partial charge in [0, 0.05) is 12.8 Å². The molecule has 0 spiro atoms. The highest BCUT2D eigenvalue weighted by molar-refractivity contribution is 6.23. The molecule has 3 aliphatic rings. The van der Waals surface area contributed by atoms with Crippen molar-refractivity contribution in [1.82, 2.24) is 15.1 Å². The number of piperidine rings is 2. The van der Waals surface area contributed by atoms with Gasteiger partial charge in [0.1, 0.15) is 11.6 Å². The Morgan fingerprint density at radius 3 is 2.37 bits per heavy atom. The number of nitrogens with zero attached hydrogens (tertiary/aromatic N) is 2. The van der Waals surface area contributed by atoms with E-state index in [0.717, 1.165) is 49.4 Å². The van der Waals surface area contributed by atoms with Gasteiger partial charge in [0.2, 0.25) is 11.8 Å². The molecule has 4 rings (SSSR count). The van der Waals surface area contributed by atoms with Crippen LogP contribution in [0.15, 0.2) is 18.2 Å². The van der Waals surface area contributed by atoms with Crippen LogP contribution in [0.3, 0.4) is 0 Å². The second kappa shape index (κ2) is 9.89. The lowest BCUT2D eigenvalue weighted by Gasteiger charge is -2.32. The number of amides is 4. The number of hydrogen-bond acceptors (Lipinski definition) is 7. The van der Waals surface area contributed by atoms with Crippen LogP contribution in [0.1, 0.15) is 91.5 Å². The van der Waals surface area contributed by atoms with Crippen LogP contribution in [0.25, 0.3) is 0 Å². The molecular weight excluding hydrogens is 450 g/mol. The number of carbonyl (C=O) groups is 5. The van der Waals surface area contributed by atoms with Gasteiger partial charge in [0.25, 0.3) is 11.8 Å². The van der Waals surface area contributed by atoms with Crippen molar-refractivity contribution < 1.29 is 28.7 Å². The zero-order chi connectivity index (χ0) is 25.3. The normalized spacial score (nSPS) is 21.8. The van der Waals surface area contributed by atoms with Gasteiger partial charge in [0.15, 0.2) is 0 Å². The summed E-state index contributed by atoms with van der Waals surface area (Å²) < 4.78 is 5.36. The average molecular weight is 484 g/mol. The minimum Gasteiger partial charge on any atom is -0.460 e. The predicted molar refractivity (Wildman–Crippen MR) is 127 cm³/mol. The monoisotopic (exact) mass is 483 g/mol. The molecule has 1 unspecified atom stereocenters. The second-order valence-corrected chi connectivity index (χ2v) is 10.6. The second-order valence-electron chi connectivity index (χ2n) is 10.6. The molecule has 3 aliphatic heterocycles. The van der Waals surface area contributed by atoms with E-state index in [2.05, 4.69) is 10.2 Å². The number of likely N-dealkylation sites (tertiary alicyclic amines) is 1. The Balaban J connectivity index is 1.33. The van der Waals surface area contributed by atoms with E-state index in [0.29, 0.717) is 17.5 Å². The number of hydrogen-bond donors (Lipinski definition) is 1. The molecule has 0 radical (unpaired) electrons. The van der Waals surface area contributed by atoms with Gasteiger partial charge in [-0.1, -0.05) is 6.07 Å². The molecular formula is C26H33N3O6. The van der Waals surface area contributed by atoms with Crippen molar-refractivity contribution in [1.29, 1.82) is 0 Å². The van der Waals surface area contributed by atoms with Crippen LogP contribution in [-0.4, -0.2) is 70.7 Å². The fourth-order valence-electron chi connectivity index (χ4n) is 5.07. The molecule has 9 nitrogen and oxygen atoms in total. The molecule has 2 saturated heterocycles. The number of carbonyl (C=O) groups excluding carboxylic acids is 5. The fourth-order valence-corrected chi connectivity index (χ4v) is 5.07. The molecule has 0 aromatic heterocycles. The Labute approximate surface area is 205 Å². The summed E-state index contributed by atoms with van der Waals surface area (Å²) in [5, 5.41) is 2.22. The third kappa shape index (κ3) is 5.61. The summed E-state index contributed by atoms with van der Waals surface area (Å²) in [5.41, 5.74) is 1.19. The summed E-state index contributed by atoms with van der Waals surface area (Å²) in [6, 6.07) is 4.43. The van der Waals surface area contributed by atoms with Crippen molar-refractivity contribution in [2.75, 3.05) is 19.6 Å². The minimum absolute atomic E-state index is 0.103. The quantitative estimate of drug-likeness (QED) is 0.488. The molecule has 1 aromatic rings. The third-order valence-corrected chi connectivity index (χ3v) is 6.80. The van der Waals surface area contributed by atoms with E-state index >= 15 is 0 Å². The van der Waals surface area contributed by atoms with Crippen molar-refractivity contribution in [3.8, 4) is 0 Å². The number of fused-ring (bicyclic) bond motifs is 1. The van der Waals surface area contributed by atoms with Crippen LogP contribution >= 0.6 is 0 Å². The van der Waals surface area contributed by atoms with E-state index in [-0.39, 0.29) is 30.6 Å². The van der Waals surface area contributed by atoms with Crippen LogP contribution in [-0.2, 0) is 19.1 Å². The Morgan fingerprint density at radius 1 is 1.03 bits per heavy atom. The first kappa shape index (κ1) is 25.0. The Kier molecular flexibility index (Phi) is 7.07. The molecule has 1 N–H and O–H groups in total. The summed E-state index contributed by atoms with van der Waals surface area (Å²) in [5.74, 6) is -1.84. The molecule has 0 saturated carbocycles. The van der Waals surface area contributed by atoms with Crippen LogP contribution < -0.4 is 5.32 Å². The first-order valence-corrected chi connectivity index (χ1v) is 12.3. The first-order valence-electron chi connectivity index (χ1n) is 12.3. The number of ether oxygens (including phenoxy) is 1. The Hall–Kier alpha value is -3.07. The topological polar surface area (TPSA) is 113 Å². The van der Waals surface area contributed by atoms with Gasteiger partial charge in [0.05, 0.1) is 11.1 Å². The number of benzene rings is 1. The predicted octanol–water partition coefficient (Wildman–Crippen LogP) is 2.39. The zero-order valence-corrected chi connectivity index (χ0v) is 20.6. The lowest BCUT2D eigenvalue weighted by atomic mass is 9.87. The van der Waals surface area contributed by atoms with Crippen LogP contribution in [0.2, 0.25) is 0 Å². The molecule has 1 atom stereocenters. The van der Waals surface area contributed by atoms with Crippen LogP contribution in [0.4, 0.5) is 0 Å². The molecule has 4 amide bonds. The molecule has 35 heavy (non-hydrogen) atoms. The van der Waals surface area contributed by atoms with Gasteiger partial charge in [-0.05, 0) is 89.7 Å². The van der Waals surface area contributed by atoms with Crippen molar-refractivity contribution in [2.45, 2.75) is 76.9 Å². The van der Waals surface area contributed by atoms with Gasteiger partial charge >= 0.3 is 5.97 Å².